The fourth-order valence-electron chi connectivity index (χ4n) is 2.75. The SMILES string of the molecule is CCCCCC(=O)NC(Cc1ccc(OCCCCCCN)cc1)C(=O)O.Cl. The molecule has 0 bridgehead atoms. The summed E-state index contributed by atoms with van der Waals surface area (Å²) in [5.41, 5.74) is 6.32. The van der Waals surface area contributed by atoms with E-state index in [4.69, 9.17) is 10.5 Å². The van der Waals surface area contributed by atoms with E-state index in [1.807, 2.05) is 24.3 Å². The molecule has 1 aromatic rings. The van der Waals surface area contributed by atoms with Gasteiger partial charge < -0.3 is 20.9 Å². The quantitative estimate of drug-likeness (QED) is 0.380. The van der Waals surface area contributed by atoms with Crippen molar-refractivity contribution in [1.29, 1.82) is 0 Å². The van der Waals surface area contributed by atoms with E-state index < -0.39 is 12.0 Å². The summed E-state index contributed by atoms with van der Waals surface area (Å²) in [5.74, 6) is -0.449. The summed E-state index contributed by atoms with van der Waals surface area (Å²) in [6, 6.07) is 6.48. The zero-order valence-electron chi connectivity index (χ0n) is 16.8. The third-order valence-electron chi connectivity index (χ3n) is 4.37. The molecule has 6 nitrogen and oxygen atoms in total. The number of carbonyl (C=O) groups is 2. The van der Waals surface area contributed by atoms with Gasteiger partial charge in [-0.3, -0.25) is 4.79 Å². The molecule has 0 aromatic heterocycles. The fourth-order valence-corrected chi connectivity index (χ4v) is 2.75. The molecule has 28 heavy (non-hydrogen) atoms. The lowest BCUT2D eigenvalue weighted by atomic mass is 10.1. The second-order valence-corrected chi connectivity index (χ2v) is 6.81. The van der Waals surface area contributed by atoms with E-state index in [1.165, 1.54) is 0 Å². The highest BCUT2D eigenvalue weighted by Gasteiger charge is 2.20. The molecule has 0 fully saturated rings. The van der Waals surface area contributed by atoms with Gasteiger partial charge in [-0.1, -0.05) is 44.7 Å². The van der Waals surface area contributed by atoms with E-state index in [0.717, 1.165) is 62.8 Å². The molecule has 0 saturated carbocycles. The minimum atomic E-state index is -1.02. The van der Waals surface area contributed by atoms with Crippen LogP contribution in [-0.4, -0.2) is 36.2 Å². The number of hydrogen-bond acceptors (Lipinski definition) is 4. The van der Waals surface area contributed by atoms with Crippen LogP contribution in [0.25, 0.3) is 0 Å². The molecule has 0 saturated heterocycles. The molecule has 1 unspecified atom stereocenters. The summed E-state index contributed by atoms with van der Waals surface area (Å²) in [5, 5.41) is 12.0. The van der Waals surface area contributed by atoms with Crippen molar-refractivity contribution in [1.82, 2.24) is 5.32 Å². The van der Waals surface area contributed by atoms with Crippen molar-refractivity contribution >= 4 is 24.3 Å². The Labute approximate surface area is 174 Å². The number of rotatable bonds is 15. The van der Waals surface area contributed by atoms with E-state index in [0.29, 0.717) is 13.0 Å². The van der Waals surface area contributed by atoms with Crippen LogP contribution in [0.3, 0.4) is 0 Å². The van der Waals surface area contributed by atoms with Crippen LogP contribution in [0, 0.1) is 0 Å². The molecule has 0 spiro atoms. The second kappa shape index (κ2) is 16.2. The molecule has 1 aromatic carbocycles. The number of carbonyl (C=O) groups excluding carboxylic acids is 1. The van der Waals surface area contributed by atoms with Gasteiger partial charge in [0, 0.05) is 12.8 Å². The number of unbranched alkanes of at least 4 members (excludes halogenated alkanes) is 5. The van der Waals surface area contributed by atoms with E-state index in [1.54, 1.807) is 0 Å². The van der Waals surface area contributed by atoms with Crippen LogP contribution in [0.15, 0.2) is 24.3 Å². The third-order valence-corrected chi connectivity index (χ3v) is 4.37. The molecule has 1 amide bonds. The molecule has 0 aliphatic heterocycles. The minimum absolute atomic E-state index is 0. The lowest BCUT2D eigenvalue weighted by Crippen LogP contribution is -2.42. The number of hydrogen-bond donors (Lipinski definition) is 3. The topological polar surface area (TPSA) is 102 Å². The van der Waals surface area contributed by atoms with Crippen LogP contribution in [-0.2, 0) is 16.0 Å². The average molecular weight is 415 g/mol. The van der Waals surface area contributed by atoms with Gasteiger partial charge in [-0.15, -0.1) is 12.4 Å². The first-order chi connectivity index (χ1) is 13.1. The largest absolute Gasteiger partial charge is 0.494 e. The van der Waals surface area contributed by atoms with Crippen molar-refractivity contribution < 1.29 is 19.4 Å². The molecular formula is C21H35ClN2O4. The van der Waals surface area contributed by atoms with Crippen LogP contribution >= 0.6 is 12.4 Å². The summed E-state index contributed by atoms with van der Waals surface area (Å²) in [4.78, 5) is 23.3. The van der Waals surface area contributed by atoms with Crippen LogP contribution in [0.1, 0.15) is 63.9 Å². The van der Waals surface area contributed by atoms with Crippen LogP contribution in [0.5, 0.6) is 5.75 Å². The van der Waals surface area contributed by atoms with E-state index in [-0.39, 0.29) is 24.7 Å². The zero-order chi connectivity index (χ0) is 19.9. The van der Waals surface area contributed by atoms with Gasteiger partial charge in [0.1, 0.15) is 11.8 Å². The molecule has 0 aliphatic carbocycles. The number of aliphatic carboxylic acids is 1. The predicted molar refractivity (Wildman–Crippen MR) is 114 cm³/mol. The minimum Gasteiger partial charge on any atom is -0.494 e. The fraction of sp³-hybridized carbons (Fsp3) is 0.619. The highest BCUT2D eigenvalue weighted by Crippen LogP contribution is 2.14. The van der Waals surface area contributed by atoms with E-state index in [2.05, 4.69) is 12.2 Å². The highest BCUT2D eigenvalue weighted by atomic mass is 35.5. The number of benzene rings is 1. The first-order valence-electron chi connectivity index (χ1n) is 10.0. The van der Waals surface area contributed by atoms with Gasteiger partial charge in [-0.2, -0.15) is 0 Å². The van der Waals surface area contributed by atoms with E-state index in [9.17, 15) is 14.7 Å². The van der Waals surface area contributed by atoms with Crippen LogP contribution in [0.2, 0.25) is 0 Å². The van der Waals surface area contributed by atoms with Gasteiger partial charge in [0.05, 0.1) is 6.61 Å². The van der Waals surface area contributed by atoms with Crippen molar-refractivity contribution in [2.24, 2.45) is 5.73 Å². The number of amides is 1. The van der Waals surface area contributed by atoms with Crippen molar-refractivity contribution in [2.45, 2.75) is 70.8 Å². The van der Waals surface area contributed by atoms with Gasteiger partial charge in [0.2, 0.25) is 5.91 Å². The van der Waals surface area contributed by atoms with Gasteiger partial charge in [-0.05, 0) is 43.5 Å². The van der Waals surface area contributed by atoms with Gasteiger partial charge >= 0.3 is 5.97 Å². The third kappa shape index (κ3) is 11.8. The zero-order valence-corrected chi connectivity index (χ0v) is 17.6. The summed E-state index contributed by atoms with van der Waals surface area (Å²) >= 11 is 0. The van der Waals surface area contributed by atoms with Crippen LogP contribution in [0.4, 0.5) is 0 Å². The Balaban J connectivity index is 0.00000729. The summed E-state index contributed by atoms with van der Waals surface area (Å²) in [7, 11) is 0. The molecule has 4 N–H and O–H groups in total. The Morgan fingerprint density at radius 2 is 1.75 bits per heavy atom. The molecule has 7 heteroatoms. The lowest BCUT2D eigenvalue weighted by Gasteiger charge is -2.15. The number of halogens is 1. The first kappa shape index (κ1) is 26.2. The molecule has 160 valence electrons. The predicted octanol–water partition coefficient (Wildman–Crippen LogP) is 3.70. The van der Waals surface area contributed by atoms with E-state index >= 15 is 0 Å². The number of nitrogens with two attached hydrogens (primary N) is 1. The Bertz CT molecular complexity index is 552. The maximum Gasteiger partial charge on any atom is 0.326 e. The van der Waals surface area contributed by atoms with Gasteiger partial charge in [0.25, 0.3) is 0 Å². The Morgan fingerprint density at radius 3 is 2.36 bits per heavy atom. The maximum atomic E-state index is 11.9. The first-order valence-corrected chi connectivity index (χ1v) is 10.0. The van der Waals surface area contributed by atoms with Crippen molar-refractivity contribution in [2.75, 3.05) is 13.2 Å². The number of ether oxygens (including phenoxy) is 1. The molecule has 0 aliphatic rings. The molecule has 0 radical (unpaired) electrons. The van der Waals surface area contributed by atoms with Crippen LogP contribution < -0.4 is 15.8 Å². The number of nitrogens with one attached hydrogen (secondary N) is 1. The second-order valence-electron chi connectivity index (χ2n) is 6.81. The Kier molecular flexibility index (Phi) is 15.2. The number of carboxylic acid groups (broad SMARTS) is 1. The standard InChI is InChI=1S/C21H34N2O4.ClH/c1-2-3-6-9-20(24)23-19(21(25)26)16-17-10-12-18(13-11-17)27-15-8-5-4-7-14-22;/h10-13,19H,2-9,14-16,22H2,1H3,(H,23,24)(H,25,26);1H. The smallest absolute Gasteiger partial charge is 0.326 e. The maximum absolute atomic E-state index is 11.9. The summed E-state index contributed by atoms with van der Waals surface area (Å²) < 4.78 is 5.70. The highest BCUT2D eigenvalue weighted by molar-refractivity contribution is 5.85. The van der Waals surface area contributed by atoms with Crippen molar-refractivity contribution in [3.8, 4) is 5.75 Å². The molecule has 0 heterocycles. The summed E-state index contributed by atoms with van der Waals surface area (Å²) in [6.07, 6.45) is 7.68. The lowest BCUT2D eigenvalue weighted by molar-refractivity contribution is -0.141. The van der Waals surface area contributed by atoms with Gasteiger partial charge in [-0.25, -0.2) is 4.79 Å². The average Bonchev–Trinajstić information content (AvgIpc) is 2.65. The monoisotopic (exact) mass is 414 g/mol. The Morgan fingerprint density at radius 1 is 1.07 bits per heavy atom. The number of carboxylic acids is 1. The van der Waals surface area contributed by atoms with Crippen molar-refractivity contribution in [3.63, 3.8) is 0 Å². The van der Waals surface area contributed by atoms with Gasteiger partial charge in [0.15, 0.2) is 0 Å². The normalized spacial score (nSPS) is 11.4. The molecule has 1 atom stereocenters. The Hall–Kier alpha value is -1.79. The van der Waals surface area contributed by atoms with Crippen molar-refractivity contribution in [3.05, 3.63) is 29.8 Å². The molecule has 1 rings (SSSR count). The molecular weight excluding hydrogens is 380 g/mol. The summed E-state index contributed by atoms with van der Waals surface area (Å²) in [6.45, 7) is 3.46.